The van der Waals surface area contributed by atoms with E-state index in [4.69, 9.17) is 0 Å². The minimum Gasteiger partial charge on any atom is -0.310 e. The average molecular weight is 664 g/mol. The maximum Gasteiger partial charge on any atom is 0.0543 e. The van der Waals surface area contributed by atoms with Crippen molar-refractivity contribution in [1.29, 1.82) is 0 Å². The maximum atomic E-state index is 2.46. The van der Waals surface area contributed by atoms with Crippen LogP contribution in [-0.4, -0.2) is 0 Å². The third-order valence-electron chi connectivity index (χ3n) is 11.2. The molecule has 0 saturated carbocycles. The molecule has 1 nitrogen and oxygen atoms in total. The Labute approximate surface area is 305 Å². The highest BCUT2D eigenvalue weighted by atomic mass is 15.1. The molecule has 0 N–H and O–H groups in total. The summed E-state index contributed by atoms with van der Waals surface area (Å²) in [5, 5.41) is 7.57. The molecule has 9 aromatic rings. The molecule has 0 bridgehead atoms. The summed E-state index contributed by atoms with van der Waals surface area (Å²) in [7, 11) is 0. The highest BCUT2D eigenvalue weighted by Crippen LogP contribution is 2.54. The van der Waals surface area contributed by atoms with E-state index >= 15 is 0 Å². The van der Waals surface area contributed by atoms with E-state index in [0.717, 1.165) is 11.4 Å². The van der Waals surface area contributed by atoms with E-state index < -0.39 is 0 Å². The summed E-state index contributed by atoms with van der Waals surface area (Å²) in [6.45, 7) is 4.71. The van der Waals surface area contributed by atoms with Gasteiger partial charge in [0.25, 0.3) is 0 Å². The molecule has 0 saturated heterocycles. The van der Waals surface area contributed by atoms with Crippen molar-refractivity contribution in [2.75, 3.05) is 4.90 Å². The van der Waals surface area contributed by atoms with Crippen molar-refractivity contribution in [2.45, 2.75) is 19.3 Å². The third kappa shape index (κ3) is 4.77. The van der Waals surface area contributed by atoms with Gasteiger partial charge >= 0.3 is 0 Å². The lowest BCUT2D eigenvalue weighted by Gasteiger charge is -2.29. The van der Waals surface area contributed by atoms with Crippen LogP contribution in [0, 0.1) is 0 Å². The number of benzene rings is 9. The quantitative estimate of drug-likeness (QED) is 0.166. The predicted octanol–water partition coefficient (Wildman–Crippen LogP) is 14.3. The van der Waals surface area contributed by atoms with E-state index in [1.165, 1.54) is 82.5 Å². The fourth-order valence-electron chi connectivity index (χ4n) is 8.61. The molecule has 0 aliphatic heterocycles. The molecule has 0 fully saturated rings. The maximum absolute atomic E-state index is 2.46. The third-order valence-corrected chi connectivity index (χ3v) is 11.2. The minimum atomic E-state index is -0.0901. The Kier molecular flexibility index (Phi) is 6.91. The molecule has 0 heterocycles. The highest BCUT2D eigenvalue weighted by molar-refractivity contribution is 6.12. The molecule has 1 aliphatic carbocycles. The molecule has 52 heavy (non-hydrogen) atoms. The van der Waals surface area contributed by atoms with Crippen molar-refractivity contribution in [3.8, 4) is 33.4 Å². The molecule has 1 heteroatoms. The number of hydrogen-bond acceptors (Lipinski definition) is 1. The lowest BCUT2D eigenvalue weighted by Crippen LogP contribution is -2.16. The number of anilines is 3. The Hall–Kier alpha value is -6.44. The van der Waals surface area contributed by atoms with Crippen molar-refractivity contribution in [3.63, 3.8) is 0 Å². The van der Waals surface area contributed by atoms with Crippen molar-refractivity contribution >= 4 is 49.4 Å². The predicted molar refractivity (Wildman–Crippen MR) is 222 cm³/mol. The minimum absolute atomic E-state index is 0.0901. The second kappa shape index (κ2) is 11.8. The number of hydrogen-bond donors (Lipinski definition) is 0. The monoisotopic (exact) mass is 663 g/mol. The van der Waals surface area contributed by atoms with Crippen LogP contribution in [0.2, 0.25) is 0 Å². The summed E-state index contributed by atoms with van der Waals surface area (Å²) in [4.78, 5) is 2.46. The number of rotatable bonds is 5. The fourth-order valence-corrected chi connectivity index (χ4v) is 8.61. The van der Waals surface area contributed by atoms with Gasteiger partial charge in [-0.15, -0.1) is 0 Å². The van der Waals surface area contributed by atoms with Gasteiger partial charge in [0, 0.05) is 22.4 Å². The largest absolute Gasteiger partial charge is 0.310 e. The first-order chi connectivity index (χ1) is 25.5. The van der Waals surface area contributed by atoms with E-state index in [1.807, 2.05) is 0 Å². The molecule has 0 spiro atoms. The van der Waals surface area contributed by atoms with Crippen LogP contribution in [-0.2, 0) is 5.41 Å². The Balaban J connectivity index is 1.14. The smallest absolute Gasteiger partial charge is 0.0543 e. The zero-order chi connectivity index (χ0) is 34.8. The van der Waals surface area contributed by atoms with Gasteiger partial charge in [0.05, 0.1) is 5.69 Å². The molecule has 0 unspecified atom stereocenters. The molecule has 0 atom stereocenters. The molecule has 10 rings (SSSR count). The molecular weight excluding hydrogens is 627 g/mol. The second-order valence-electron chi connectivity index (χ2n) is 14.6. The molecule has 246 valence electrons. The van der Waals surface area contributed by atoms with E-state index in [-0.39, 0.29) is 5.41 Å². The van der Waals surface area contributed by atoms with E-state index in [9.17, 15) is 0 Å². The van der Waals surface area contributed by atoms with Crippen LogP contribution in [0.5, 0.6) is 0 Å². The zero-order valence-corrected chi connectivity index (χ0v) is 29.3. The first-order valence-electron chi connectivity index (χ1n) is 18.2. The van der Waals surface area contributed by atoms with Crippen LogP contribution < -0.4 is 4.90 Å². The average Bonchev–Trinajstić information content (AvgIpc) is 3.44. The van der Waals surface area contributed by atoms with Gasteiger partial charge in [-0.05, 0) is 108 Å². The van der Waals surface area contributed by atoms with Crippen LogP contribution in [0.4, 0.5) is 17.1 Å². The standard InChI is InChI=1S/C51H37N/c1-51(2)47-19-9-8-16-46(47)50-48(51)20-11-21-49(50)52(41-30-26-38-32-37(22-23-39(38)33-41)34-12-4-3-5-13-34)40-28-24-36(25-29-40)43-17-10-18-44-42-15-7-6-14-35(42)27-31-45(43)44/h3-33H,1-2H3. The van der Waals surface area contributed by atoms with Crippen LogP contribution in [0.15, 0.2) is 188 Å². The van der Waals surface area contributed by atoms with E-state index in [0.29, 0.717) is 0 Å². The van der Waals surface area contributed by atoms with Gasteiger partial charge in [-0.3, -0.25) is 0 Å². The zero-order valence-electron chi connectivity index (χ0n) is 29.3. The summed E-state index contributed by atoms with van der Waals surface area (Å²) in [6.07, 6.45) is 0. The van der Waals surface area contributed by atoms with Gasteiger partial charge in [0.15, 0.2) is 0 Å². The van der Waals surface area contributed by atoms with Gasteiger partial charge < -0.3 is 4.90 Å². The molecule has 1 aliphatic rings. The van der Waals surface area contributed by atoms with Gasteiger partial charge in [-0.1, -0.05) is 166 Å². The first-order valence-corrected chi connectivity index (χ1v) is 18.2. The molecule has 9 aromatic carbocycles. The molecular formula is C51H37N. The van der Waals surface area contributed by atoms with Crippen molar-refractivity contribution < 1.29 is 0 Å². The lowest BCUT2D eigenvalue weighted by molar-refractivity contribution is 0.660. The lowest BCUT2D eigenvalue weighted by atomic mass is 9.82. The summed E-state index contributed by atoms with van der Waals surface area (Å²) >= 11 is 0. The van der Waals surface area contributed by atoms with Crippen LogP contribution in [0.25, 0.3) is 65.7 Å². The van der Waals surface area contributed by atoms with Gasteiger partial charge in [-0.25, -0.2) is 0 Å². The molecule has 0 amide bonds. The van der Waals surface area contributed by atoms with Gasteiger partial charge in [-0.2, -0.15) is 0 Å². The SMILES string of the molecule is CC1(C)c2ccccc2-c2c(N(c3ccc(-c4cccc5c4ccc4ccccc45)cc3)c3ccc4cc(-c5ccccc5)ccc4c3)cccc21. The Morgan fingerprint density at radius 2 is 1.00 bits per heavy atom. The number of fused-ring (bicyclic) bond motifs is 7. The summed E-state index contributed by atoms with van der Waals surface area (Å²) in [5.41, 5.74) is 13.7. The topological polar surface area (TPSA) is 3.24 Å². The summed E-state index contributed by atoms with van der Waals surface area (Å²) in [5.74, 6) is 0. The van der Waals surface area contributed by atoms with Gasteiger partial charge in [0.1, 0.15) is 0 Å². The second-order valence-corrected chi connectivity index (χ2v) is 14.6. The van der Waals surface area contributed by atoms with Gasteiger partial charge in [0.2, 0.25) is 0 Å². The van der Waals surface area contributed by atoms with Crippen LogP contribution >= 0.6 is 0 Å². The Morgan fingerprint density at radius 3 is 1.88 bits per heavy atom. The van der Waals surface area contributed by atoms with E-state index in [1.54, 1.807) is 0 Å². The summed E-state index contributed by atoms with van der Waals surface area (Å²) in [6, 6.07) is 69.2. The summed E-state index contributed by atoms with van der Waals surface area (Å²) < 4.78 is 0. The van der Waals surface area contributed by atoms with Crippen molar-refractivity contribution in [1.82, 2.24) is 0 Å². The number of nitrogens with zero attached hydrogens (tertiary/aromatic N) is 1. The normalized spacial score (nSPS) is 13.0. The van der Waals surface area contributed by atoms with Crippen LogP contribution in [0.1, 0.15) is 25.0 Å². The first kappa shape index (κ1) is 30.4. The molecule has 0 radical (unpaired) electrons. The van der Waals surface area contributed by atoms with E-state index in [2.05, 4.69) is 207 Å². The van der Waals surface area contributed by atoms with Crippen molar-refractivity contribution in [3.05, 3.63) is 199 Å². The Bertz CT molecular complexity index is 2810. The molecule has 0 aromatic heterocycles. The van der Waals surface area contributed by atoms with Crippen molar-refractivity contribution in [2.24, 2.45) is 0 Å². The Morgan fingerprint density at radius 1 is 0.365 bits per heavy atom. The van der Waals surface area contributed by atoms with Crippen LogP contribution in [0.3, 0.4) is 0 Å². The fraction of sp³-hybridized carbons (Fsp3) is 0.0588. The highest BCUT2D eigenvalue weighted by Gasteiger charge is 2.37.